The molecule has 1 aliphatic rings. The molecule has 0 aliphatic carbocycles. The second kappa shape index (κ2) is 5.74. The monoisotopic (exact) mass is 348 g/mol. The van der Waals surface area contributed by atoms with E-state index < -0.39 is 18.4 Å². The van der Waals surface area contributed by atoms with E-state index in [2.05, 4.69) is 19.9 Å². The Labute approximate surface area is 140 Å². The molecular weight excluding hydrogens is 332 g/mol. The van der Waals surface area contributed by atoms with Crippen molar-refractivity contribution in [3.8, 4) is 10.7 Å². The lowest BCUT2D eigenvalue weighted by Crippen LogP contribution is -2.24. The maximum absolute atomic E-state index is 9.94. The van der Waals surface area contributed by atoms with Gasteiger partial charge in [0.15, 0.2) is 5.65 Å². The van der Waals surface area contributed by atoms with Crippen LogP contribution < -0.4 is 5.73 Å². The zero-order valence-corrected chi connectivity index (χ0v) is 13.6. The Morgan fingerprint density at radius 3 is 2.92 bits per heavy atom. The summed E-state index contributed by atoms with van der Waals surface area (Å²) in [5.41, 5.74) is 8.42. The molecule has 0 unspecified atom stereocenters. The van der Waals surface area contributed by atoms with Gasteiger partial charge in [-0.1, -0.05) is 0 Å². The Morgan fingerprint density at radius 2 is 2.25 bits per heavy atom. The predicted molar refractivity (Wildman–Crippen MR) is 87.2 cm³/mol. The topological polar surface area (TPSA) is 132 Å². The zero-order chi connectivity index (χ0) is 16.8. The number of aliphatic hydroxyl groups is 2. The summed E-state index contributed by atoms with van der Waals surface area (Å²) in [5.74, 6) is 0.115. The lowest BCUT2D eigenvalue weighted by Gasteiger charge is -2.13. The number of fused-ring (bicyclic) bond motifs is 1. The van der Waals surface area contributed by atoms with Crippen LogP contribution in [-0.4, -0.2) is 53.5 Å². The van der Waals surface area contributed by atoms with Crippen molar-refractivity contribution in [3.63, 3.8) is 0 Å². The van der Waals surface area contributed by atoms with Crippen molar-refractivity contribution in [2.75, 3.05) is 12.3 Å². The van der Waals surface area contributed by atoms with Gasteiger partial charge in [-0.15, -0.1) is 11.3 Å². The van der Waals surface area contributed by atoms with Crippen LogP contribution in [0.4, 0.5) is 5.95 Å². The molecule has 0 saturated carbocycles. The summed E-state index contributed by atoms with van der Waals surface area (Å²) >= 11 is 1.46. The van der Waals surface area contributed by atoms with Crippen LogP contribution in [-0.2, 0) is 4.74 Å². The lowest BCUT2D eigenvalue weighted by molar-refractivity contribution is -0.0432. The fourth-order valence-electron chi connectivity index (χ4n) is 2.81. The van der Waals surface area contributed by atoms with Gasteiger partial charge < -0.3 is 20.7 Å². The van der Waals surface area contributed by atoms with E-state index in [0.717, 1.165) is 10.7 Å². The molecule has 4 heterocycles. The molecule has 1 saturated heterocycles. The molecule has 24 heavy (non-hydrogen) atoms. The number of aliphatic hydroxyl groups excluding tert-OH is 2. The van der Waals surface area contributed by atoms with Crippen molar-refractivity contribution in [1.82, 2.24) is 24.5 Å². The summed E-state index contributed by atoms with van der Waals surface area (Å²) < 4.78 is 7.38. The normalized spacial score (nSPS) is 24.0. The third kappa shape index (κ3) is 2.44. The van der Waals surface area contributed by atoms with Gasteiger partial charge in [-0.3, -0.25) is 4.57 Å². The van der Waals surface area contributed by atoms with Crippen LogP contribution in [0.25, 0.3) is 21.9 Å². The average Bonchev–Trinajstić information content (AvgIpc) is 3.24. The van der Waals surface area contributed by atoms with Crippen molar-refractivity contribution in [3.05, 3.63) is 17.4 Å². The number of nitrogens with zero attached hydrogens (tertiary/aromatic N) is 5. The van der Waals surface area contributed by atoms with Gasteiger partial charge in [-0.25, -0.2) is 15.0 Å². The molecule has 3 aromatic rings. The Balaban J connectivity index is 1.81. The van der Waals surface area contributed by atoms with Crippen LogP contribution in [0, 0.1) is 6.92 Å². The van der Waals surface area contributed by atoms with Gasteiger partial charge in [0.25, 0.3) is 0 Å². The number of ether oxygens (including phenoxy) is 1. The minimum atomic E-state index is -0.738. The quantitative estimate of drug-likeness (QED) is 0.623. The van der Waals surface area contributed by atoms with E-state index in [0.29, 0.717) is 23.3 Å². The van der Waals surface area contributed by atoms with E-state index >= 15 is 0 Å². The van der Waals surface area contributed by atoms with Gasteiger partial charge in [0.1, 0.15) is 28.6 Å². The summed E-state index contributed by atoms with van der Waals surface area (Å²) in [6.45, 7) is 1.66. The molecule has 0 bridgehead atoms. The number of rotatable bonds is 3. The van der Waals surface area contributed by atoms with Crippen LogP contribution in [0.5, 0.6) is 0 Å². The van der Waals surface area contributed by atoms with Gasteiger partial charge in [0.05, 0.1) is 19.0 Å². The number of aromatic nitrogens is 5. The van der Waals surface area contributed by atoms with Crippen LogP contribution in [0.15, 0.2) is 11.7 Å². The van der Waals surface area contributed by atoms with Gasteiger partial charge in [-0.2, -0.15) is 4.98 Å². The molecular formula is C14H16N6O3S. The van der Waals surface area contributed by atoms with E-state index in [1.54, 1.807) is 10.9 Å². The number of imidazole rings is 1. The molecule has 3 atom stereocenters. The SMILES string of the molecule is Cc1csc(-c2nc(N)nc3c2ncn3[C@@H]2C[C@H](O)[C@@H](CO)O2)n1. The van der Waals surface area contributed by atoms with E-state index in [9.17, 15) is 10.2 Å². The average molecular weight is 348 g/mol. The Kier molecular flexibility index (Phi) is 3.68. The second-order valence-electron chi connectivity index (χ2n) is 5.66. The van der Waals surface area contributed by atoms with Crippen molar-refractivity contribution in [2.45, 2.75) is 31.8 Å². The van der Waals surface area contributed by atoms with E-state index in [1.165, 1.54) is 11.3 Å². The molecule has 10 heteroatoms. The summed E-state index contributed by atoms with van der Waals surface area (Å²) in [6, 6.07) is 0. The van der Waals surface area contributed by atoms with E-state index in [-0.39, 0.29) is 12.6 Å². The number of aryl methyl sites for hydroxylation is 1. The molecule has 0 spiro atoms. The summed E-state index contributed by atoms with van der Waals surface area (Å²) in [5, 5.41) is 21.8. The minimum Gasteiger partial charge on any atom is -0.394 e. The standard InChI is InChI=1S/C14H16N6O3S/c1-6-4-24-13(17-6)11-10-12(19-14(15)18-11)20(5-16-10)9-2-7(22)8(3-21)23-9/h4-5,7-9,21-22H,2-3H2,1H3,(H2,15,18,19)/t7-,8+,9-/m0/s1. The number of thiazole rings is 1. The lowest BCUT2D eigenvalue weighted by atomic mass is 10.2. The van der Waals surface area contributed by atoms with E-state index in [4.69, 9.17) is 10.5 Å². The van der Waals surface area contributed by atoms with Crippen LogP contribution >= 0.6 is 11.3 Å². The van der Waals surface area contributed by atoms with Crippen molar-refractivity contribution >= 4 is 28.4 Å². The Bertz CT molecular complexity index is 894. The number of nitrogens with two attached hydrogens (primary N) is 1. The van der Waals surface area contributed by atoms with Gasteiger partial charge in [0.2, 0.25) is 5.95 Å². The molecule has 1 fully saturated rings. The molecule has 9 nitrogen and oxygen atoms in total. The molecule has 4 rings (SSSR count). The van der Waals surface area contributed by atoms with Crippen molar-refractivity contribution < 1.29 is 14.9 Å². The first-order valence-electron chi connectivity index (χ1n) is 7.43. The predicted octanol–water partition coefficient (Wildman–Crippen LogP) is 0.481. The molecule has 0 aromatic carbocycles. The highest BCUT2D eigenvalue weighted by atomic mass is 32.1. The molecule has 0 amide bonds. The molecule has 126 valence electrons. The highest BCUT2D eigenvalue weighted by molar-refractivity contribution is 7.13. The number of anilines is 1. The highest BCUT2D eigenvalue weighted by Gasteiger charge is 2.35. The minimum absolute atomic E-state index is 0.115. The van der Waals surface area contributed by atoms with Crippen LogP contribution in [0.1, 0.15) is 18.3 Å². The fourth-order valence-corrected chi connectivity index (χ4v) is 3.59. The molecule has 0 radical (unpaired) electrons. The molecule has 4 N–H and O–H groups in total. The largest absolute Gasteiger partial charge is 0.394 e. The molecule has 1 aliphatic heterocycles. The summed E-state index contributed by atoms with van der Waals surface area (Å²) in [6.07, 6.45) is 0.0967. The van der Waals surface area contributed by atoms with Crippen molar-refractivity contribution in [1.29, 1.82) is 0 Å². The maximum atomic E-state index is 9.94. The first-order valence-corrected chi connectivity index (χ1v) is 8.31. The van der Waals surface area contributed by atoms with Gasteiger partial charge in [-0.05, 0) is 6.92 Å². The molecule has 3 aromatic heterocycles. The number of hydrogen-bond acceptors (Lipinski definition) is 9. The number of nitrogen functional groups attached to an aromatic ring is 1. The van der Waals surface area contributed by atoms with Crippen LogP contribution in [0.3, 0.4) is 0 Å². The van der Waals surface area contributed by atoms with E-state index in [1.807, 2.05) is 12.3 Å². The fraction of sp³-hybridized carbons (Fsp3) is 0.429. The summed E-state index contributed by atoms with van der Waals surface area (Å²) in [7, 11) is 0. The van der Waals surface area contributed by atoms with Crippen molar-refractivity contribution in [2.24, 2.45) is 0 Å². The van der Waals surface area contributed by atoms with Crippen LogP contribution in [0.2, 0.25) is 0 Å². The Hall–Kier alpha value is -2.14. The smallest absolute Gasteiger partial charge is 0.222 e. The van der Waals surface area contributed by atoms with Gasteiger partial charge >= 0.3 is 0 Å². The highest BCUT2D eigenvalue weighted by Crippen LogP contribution is 2.33. The summed E-state index contributed by atoms with van der Waals surface area (Å²) in [4.78, 5) is 17.4. The third-order valence-electron chi connectivity index (χ3n) is 3.95. The third-order valence-corrected chi connectivity index (χ3v) is 4.92. The number of hydrogen-bond donors (Lipinski definition) is 3. The zero-order valence-electron chi connectivity index (χ0n) is 12.8. The Morgan fingerprint density at radius 1 is 1.42 bits per heavy atom. The first-order chi connectivity index (χ1) is 11.6. The van der Waals surface area contributed by atoms with Gasteiger partial charge in [0, 0.05) is 17.5 Å². The second-order valence-corrected chi connectivity index (χ2v) is 6.52. The maximum Gasteiger partial charge on any atom is 0.222 e. The first kappa shape index (κ1) is 15.4.